The summed E-state index contributed by atoms with van der Waals surface area (Å²) < 4.78 is 10.5. The van der Waals surface area contributed by atoms with Crippen molar-refractivity contribution >= 4 is 29.5 Å². The fraction of sp³-hybridized carbons (Fsp3) is 0.345. The molecule has 0 bridgehead atoms. The first-order valence-corrected chi connectivity index (χ1v) is 12.4. The van der Waals surface area contributed by atoms with E-state index in [1.54, 1.807) is 60.7 Å². The molecule has 2 amide bonds. The molecule has 2 aromatic carbocycles. The minimum absolute atomic E-state index is 0.00701. The van der Waals surface area contributed by atoms with E-state index >= 15 is 0 Å². The van der Waals surface area contributed by atoms with E-state index in [0.717, 1.165) is 24.0 Å². The minimum Gasteiger partial charge on any atom is -0.453 e. The van der Waals surface area contributed by atoms with Gasteiger partial charge in [0, 0.05) is 20.0 Å². The molecule has 0 aliphatic carbocycles. The molecule has 1 heterocycles. The SMILES string of the molecule is CC(=O)OC(C(=O)C=CC(=O)CCCCO)C(Cc1ccccc1)C(=O)N1C(=O)OCC1c1ccccc1. The Morgan fingerprint density at radius 1 is 1.03 bits per heavy atom. The lowest BCUT2D eigenvalue weighted by atomic mass is 9.89. The van der Waals surface area contributed by atoms with Crippen LogP contribution in [-0.2, 0) is 35.1 Å². The highest BCUT2D eigenvalue weighted by molar-refractivity contribution is 6.04. The molecular formula is C29H31NO8. The number of rotatable bonds is 13. The van der Waals surface area contributed by atoms with Crippen molar-refractivity contribution in [3.8, 4) is 0 Å². The van der Waals surface area contributed by atoms with Crippen molar-refractivity contribution < 1.29 is 38.6 Å². The van der Waals surface area contributed by atoms with Crippen molar-refractivity contribution in [3.63, 3.8) is 0 Å². The van der Waals surface area contributed by atoms with E-state index in [1.165, 1.54) is 0 Å². The van der Waals surface area contributed by atoms with E-state index in [-0.39, 0.29) is 31.8 Å². The van der Waals surface area contributed by atoms with Gasteiger partial charge in [-0.05, 0) is 42.5 Å². The highest BCUT2D eigenvalue weighted by atomic mass is 16.6. The highest BCUT2D eigenvalue weighted by Gasteiger charge is 2.46. The van der Waals surface area contributed by atoms with Crippen LogP contribution in [0.15, 0.2) is 72.8 Å². The molecule has 1 saturated heterocycles. The number of esters is 1. The minimum atomic E-state index is -1.58. The maximum Gasteiger partial charge on any atom is 0.417 e. The number of cyclic esters (lactones) is 1. The normalized spacial score (nSPS) is 16.6. The molecule has 38 heavy (non-hydrogen) atoms. The molecular weight excluding hydrogens is 490 g/mol. The zero-order chi connectivity index (χ0) is 27.5. The Morgan fingerprint density at radius 3 is 2.32 bits per heavy atom. The second-order valence-corrected chi connectivity index (χ2v) is 8.92. The molecule has 0 radical (unpaired) electrons. The molecule has 3 rings (SSSR count). The second kappa shape index (κ2) is 14.0. The van der Waals surface area contributed by atoms with Gasteiger partial charge in [-0.25, -0.2) is 9.69 Å². The van der Waals surface area contributed by atoms with Crippen LogP contribution in [0.25, 0.3) is 0 Å². The first-order valence-electron chi connectivity index (χ1n) is 12.4. The number of unbranched alkanes of at least 4 members (excludes halogenated alkanes) is 1. The number of benzene rings is 2. The average molecular weight is 522 g/mol. The molecule has 9 nitrogen and oxygen atoms in total. The zero-order valence-corrected chi connectivity index (χ0v) is 21.2. The largest absolute Gasteiger partial charge is 0.453 e. The summed E-state index contributed by atoms with van der Waals surface area (Å²) in [6.45, 7) is 1.02. The van der Waals surface area contributed by atoms with Gasteiger partial charge in [0.15, 0.2) is 17.7 Å². The molecule has 3 unspecified atom stereocenters. The van der Waals surface area contributed by atoms with E-state index < -0.39 is 41.8 Å². The Kier molecular flexibility index (Phi) is 10.5. The molecule has 1 fully saturated rings. The maximum atomic E-state index is 14.0. The number of ether oxygens (including phenoxy) is 2. The lowest BCUT2D eigenvalue weighted by molar-refractivity contribution is -0.158. The summed E-state index contributed by atoms with van der Waals surface area (Å²) >= 11 is 0. The molecule has 0 spiro atoms. The van der Waals surface area contributed by atoms with Crippen LogP contribution >= 0.6 is 0 Å². The standard InChI is InChI=1S/C29H31NO8/c1-20(32)38-27(26(34)16-15-23(33)14-8-9-17-31)24(18-21-10-4-2-5-11-21)28(35)30-25(19-37-29(30)36)22-12-6-3-7-13-22/h2-7,10-13,15-16,24-25,27,31H,8-9,14,17-19H2,1H3. The topological polar surface area (TPSA) is 127 Å². The average Bonchev–Trinajstić information content (AvgIpc) is 3.31. The van der Waals surface area contributed by atoms with Crippen molar-refractivity contribution in [3.05, 3.63) is 83.9 Å². The number of carbonyl (C=O) groups is 5. The van der Waals surface area contributed by atoms with E-state index in [1.807, 2.05) is 0 Å². The zero-order valence-electron chi connectivity index (χ0n) is 21.2. The summed E-state index contributed by atoms with van der Waals surface area (Å²) in [6, 6.07) is 17.0. The number of carbonyl (C=O) groups excluding carboxylic acids is 5. The summed E-state index contributed by atoms with van der Waals surface area (Å²) in [6.07, 6.45) is 0.672. The fourth-order valence-electron chi connectivity index (χ4n) is 4.24. The van der Waals surface area contributed by atoms with E-state index in [4.69, 9.17) is 14.6 Å². The Labute approximate surface area is 221 Å². The van der Waals surface area contributed by atoms with Crippen LogP contribution in [0.5, 0.6) is 0 Å². The number of amides is 2. The van der Waals surface area contributed by atoms with Gasteiger partial charge in [0.2, 0.25) is 5.91 Å². The van der Waals surface area contributed by atoms with Crippen LogP contribution in [-0.4, -0.2) is 58.9 Å². The lowest BCUT2D eigenvalue weighted by Gasteiger charge is -2.29. The van der Waals surface area contributed by atoms with Gasteiger partial charge in [-0.3, -0.25) is 19.2 Å². The summed E-state index contributed by atoms with van der Waals surface area (Å²) in [5.74, 6) is -3.88. The number of aliphatic hydroxyl groups is 1. The lowest BCUT2D eigenvalue weighted by Crippen LogP contribution is -2.47. The number of nitrogens with zero attached hydrogens (tertiary/aromatic N) is 1. The Morgan fingerprint density at radius 2 is 1.68 bits per heavy atom. The van der Waals surface area contributed by atoms with Crippen molar-refractivity contribution in [2.75, 3.05) is 13.2 Å². The van der Waals surface area contributed by atoms with Crippen LogP contribution in [0.1, 0.15) is 43.4 Å². The van der Waals surface area contributed by atoms with E-state index in [0.29, 0.717) is 24.0 Å². The molecule has 0 saturated carbocycles. The van der Waals surface area contributed by atoms with Crippen LogP contribution < -0.4 is 0 Å². The first kappa shape index (κ1) is 28.5. The number of hydrogen-bond acceptors (Lipinski definition) is 8. The predicted octanol–water partition coefficient (Wildman–Crippen LogP) is 3.35. The van der Waals surface area contributed by atoms with Gasteiger partial charge >= 0.3 is 12.1 Å². The summed E-state index contributed by atoms with van der Waals surface area (Å²) in [5.41, 5.74) is 1.36. The second-order valence-electron chi connectivity index (χ2n) is 8.92. The quantitative estimate of drug-likeness (QED) is 0.242. The van der Waals surface area contributed by atoms with Gasteiger partial charge in [0.25, 0.3) is 0 Å². The first-order chi connectivity index (χ1) is 18.3. The Balaban J connectivity index is 1.95. The van der Waals surface area contributed by atoms with Crippen molar-refractivity contribution in [2.24, 2.45) is 5.92 Å². The van der Waals surface area contributed by atoms with Gasteiger partial charge < -0.3 is 14.6 Å². The molecule has 2 aromatic rings. The summed E-state index contributed by atoms with van der Waals surface area (Å²) in [7, 11) is 0. The van der Waals surface area contributed by atoms with Gasteiger partial charge in [-0.2, -0.15) is 0 Å². The predicted molar refractivity (Wildman–Crippen MR) is 137 cm³/mol. The third kappa shape index (κ3) is 7.69. The van der Waals surface area contributed by atoms with Gasteiger partial charge in [-0.1, -0.05) is 60.7 Å². The number of hydrogen-bond donors (Lipinski definition) is 1. The Bertz CT molecular complexity index is 1160. The van der Waals surface area contributed by atoms with E-state index in [2.05, 4.69) is 0 Å². The number of allylic oxidation sites excluding steroid dienone is 1. The number of aliphatic hydroxyl groups excluding tert-OH is 1. The monoisotopic (exact) mass is 521 g/mol. The summed E-state index contributed by atoms with van der Waals surface area (Å²) in [4.78, 5) is 65.1. The maximum absolute atomic E-state index is 14.0. The smallest absolute Gasteiger partial charge is 0.417 e. The number of ketones is 2. The molecule has 9 heteroatoms. The van der Waals surface area contributed by atoms with Crippen molar-refractivity contribution in [2.45, 2.75) is 44.8 Å². The summed E-state index contributed by atoms with van der Waals surface area (Å²) in [5, 5.41) is 8.89. The molecule has 1 aliphatic rings. The molecule has 1 N–H and O–H groups in total. The third-order valence-electron chi connectivity index (χ3n) is 6.11. The van der Waals surface area contributed by atoms with Gasteiger partial charge in [-0.15, -0.1) is 0 Å². The molecule has 1 aliphatic heterocycles. The molecule has 3 atom stereocenters. The van der Waals surface area contributed by atoms with Crippen molar-refractivity contribution in [1.29, 1.82) is 0 Å². The number of imide groups is 1. The highest BCUT2D eigenvalue weighted by Crippen LogP contribution is 2.31. The Hall–Kier alpha value is -4.11. The van der Waals surface area contributed by atoms with Crippen LogP contribution in [0.3, 0.4) is 0 Å². The molecule has 0 aromatic heterocycles. The van der Waals surface area contributed by atoms with Crippen molar-refractivity contribution in [1.82, 2.24) is 4.90 Å². The fourth-order valence-corrected chi connectivity index (χ4v) is 4.24. The van der Waals surface area contributed by atoms with Crippen LogP contribution in [0.4, 0.5) is 4.79 Å². The van der Waals surface area contributed by atoms with Crippen LogP contribution in [0.2, 0.25) is 0 Å². The third-order valence-corrected chi connectivity index (χ3v) is 6.11. The molecule has 200 valence electrons. The van der Waals surface area contributed by atoms with Crippen LogP contribution in [0, 0.1) is 5.92 Å². The van der Waals surface area contributed by atoms with E-state index in [9.17, 15) is 24.0 Å². The van der Waals surface area contributed by atoms with Gasteiger partial charge in [0.05, 0.1) is 5.92 Å². The van der Waals surface area contributed by atoms with Gasteiger partial charge in [0.1, 0.15) is 12.6 Å².